The number of aryl methyl sites for hydroxylation is 1. The molecule has 0 spiro atoms. The monoisotopic (exact) mass is 226 g/mol. The zero-order chi connectivity index (χ0) is 12.3. The lowest BCUT2D eigenvalue weighted by atomic mass is 10.0. The van der Waals surface area contributed by atoms with E-state index in [0.717, 1.165) is 11.6 Å². The van der Waals surface area contributed by atoms with Gasteiger partial charge in [-0.25, -0.2) is 14.2 Å². The minimum absolute atomic E-state index is 0.350. The second kappa shape index (κ2) is 5.18. The highest BCUT2D eigenvalue weighted by Crippen LogP contribution is 2.22. The molecule has 0 aliphatic rings. The summed E-state index contributed by atoms with van der Waals surface area (Å²) >= 11 is 0. The van der Waals surface area contributed by atoms with Crippen LogP contribution in [0.2, 0.25) is 0 Å². The maximum Gasteiger partial charge on any atom is 0.131 e. The molecule has 0 aliphatic heterocycles. The molecule has 2 nitrogen and oxygen atoms in total. The minimum Gasteiger partial charge on any atom is -0.271 e. The Morgan fingerprint density at radius 1 is 1.31 bits per heavy atom. The molecule has 0 bridgehead atoms. The number of allylic oxidation sites excluding steroid dienone is 1. The van der Waals surface area contributed by atoms with Gasteiger partial charge in [0.15, 0.2) is 0 Å². The third-order valence-corrected chi connectivity index (χ3v) is 2.29. The van der Waals surface area contributed by atoms with Gasteiger partial charge in [-0.3, -0.25) is 5.84 Å². The Balaban J connectivity index is 3.20. The third kappa shape index (κ3) is 2.87. The van der Waals surface area contributed by atoms with Gasteiger partial charge in [0.2, 0.25) is 0 Å². The Labute approximate surface area is 94.1 Å². The SMILES string of the molecule is CC(C)=CC(NN)c1cc(C)c(F)cc1F. The van der Waals surface area contributed by atoms with Crippen molar-refractivity contribution in [2.24, 2.45) is 5.84 Å². The first-order valence-corrected chi connectivity index (χ1v) is 5.02. The summed E-state index contributed by atoms with van der Waals surface area (Å²) in [4.78, 5) is 0. The molecule has 1 aromatic carbocycles. The molecule has 1 rings (SSSR count). The number of hydrogen-bond donors (Lipinski definition) is 2. The van der Waals surface area contributed by atoms with Crippen LogP contribution < -0.4 is 11.3 Å². The van der Waals surface area contributed by atoms with Gasteiger partial charge in [-0.1, -0.05) is 11.6 Å². The van der Waals surface area contributed by atoms with E-state index in [1.165, 1.54) is 6.07 Å². The Morgan fingerprint density at radius 3 is 2.44 bits per heavy atom. The average molecular weight is 226 g/mol. The van der Waals surface area contributed by atoms with Crippen molar-refractivity contribution >= 4 is 0 Å². The van der Waals surface area contributed by atoms with Gasteiger partial charge in [-0.2, -0.15) is 0 Å². The zero-order valence-electron chi connectivity index (χ0n) is 9.64. The average Bonchev–Trinajstić information content (AvgIpc) is 2.20. The predicted octanol–water partition coefficient (Wildman–Crippen LogP) is 2.74. The number of halogens is 2. The maximum atomic E-state index is 13.6. The molecule has 88 valence electrons. The van der Waals surface area contributed by atoms with Crippen LogP contribution in [0.25, 0.3) is 0 Å². The van der Waals surface area contributed by atoms with Gasteiger partial charge in [-0.05, 0) is 32.4 Å². The fourth-order valence-electron chi connectivity index (χ4n) is 1.48. The van der Waals surface area contributed by atoms with Gasteiger partial charge >= 0.3 is 0 Å². The van der Waals surface area contributed by atoms with Crippen molar-refractivity contribution in [2.75, 3.05) is 0 Å². The van der Waals surface area contributed by atoms with Gasteiger partial charge in [0.05, 0.1) is 6.04 Å². The van der Waals surface area contributed by atoms with E-state index >= 15 is 0 Å². The number of rotatable bonds is 3. The first kappa shape index (κ1) is 12.8. The summed E-state index contributed by atoms with van der Waals surface area (Å²) in [6.07, 6.45) is 1.79. The van der Waals surface area contributed by atoms with Crippen molar-refractivity contribution in [1.29, 1.82) is 0 Å². The summed E-state index contributed by atoms with van der Waals surface area (Å²) < 4.78 is 26.6. The number of nitrogens with two attached hydrogens (primary N) is 1. The molecule has 0 aliphatic carbocycles. The number of benzene rings is 1. The molecule has 1 unspecified atom stereocenters. The van der Waals surface area contributed by atoms with Crippen LogP contribution in [0, 0.1) is 18.6 Å². The normalized spacial score (nSPS) is 12.4. The van der Waals surface area contributed by atoms with Crippen LogP contribution in [0.1, 0.15) is 31.0 Å². The second-order valence-corrected chi connectivity index (χ2v) is 4.01. The maximum absolute atomic E-state index is 13.6. The van der Waals surface area contributed by atoms with E-state index in [0.29, 0.717) is 11.1 Å². The number of nitrogens with one attached hydrogen (secondary N) is 1. The van der Waals surface area contributed by atoms with Crippen LogP contribution in [-0.4, -0.2) is 0 Å². The number of hydrogen-bond acceptors (Lipinski definition) is 2. The molecule has 0 amide bonds. The molecule has 0 aromatic heterocycles. The quantitative estimate of drug-likeness (QED) is 0.472. The van der Waals surface area contributed by atoms with Gasteiger partial charge < -0.3 is 0 Å². The second-order valence-electron chi connectivity index (χ2n) is 4.01. The molecule has 0 radical (unpaired) electrons. The largest absolute Gasteiger partial charge is 0.271 e. The lowest BCUT2D eigenvalue weighted by molar-refractivity contribution is 0.542. The Hall–Kier alpha value is -1.26. The van der Waals surface area contributed by atoms with Gasteiger partial charge in [0.1, 0.15) is 11.6 Å². The minimum atomic E-state index is -0.594. The standard InChI is InChI=1S/C12H16F2N2/c1-7(2)4-12(16-15)9-5-8(3)10(13)6-11(9)14/h4-6,12,16H,15H2,1-3H3. The van der Waals surface area contributed by atoms with Crippen molar-refractivity contribution < 1.29 is 8.78 Å². The summed E-state index contributed by atoms with van der Waals surface area (Å²) in [7, 11) is 0. The van der Waals surface area contributed by atoms with Crippen LogP contribution in [0.15, 0.2) is 23.8 Å². The highest BCUT2D eigenvalue weighted by atomic mass is 19.1. The van der Waals surface area contributed by atoms with Gasteiger partial charge in [-0.15, -0.1) is 0 Å². The third-order valence-electron chi connectivity index (χ3n) is 2.29. The summed E-state index contributed by atoms with van der Waals surface area (Å²) in [6, 6.07) is 1.91. The summed E-state index contributed by atoms with van der Waals surface area (Å²) in [5.74, 6) is 4.21. The molecule has 1 aromatic rings. The molecular weight excluding hydrogens is 210 g/mol. The molecule has 0 saturated heterocycles. The van der Waals surface area contributed by atoms with E-state index in [4.69, 9.17) is 5.84 Å². The Morgan fingerprint density at radius 2 is 1.94 bits per heavy atom. The van der Waals surface area contributed by atoms with Crippen molar-refractivity contribution in [3.05, 3.63) is 46.5 Å². The summed E-state index contributed by atoms with van der Waals surface area (Å²) in [5.41, 5.74) is 4.25. The lowest BCUT2D eigenvalue weighted by Crippen LogP contribution is -2.27. The first-order valence-electron chi connectivity index (χ1n) is 5.02. The van der Waals surface area contributed by atoms with Gasteiger partial charge in [0, 0.05) is 11.6 Å². The van der Waals surface area contributed by atoms with Crippen molar-refractivity contribution in [2.45, 2.75) is 26.8 Å². The Kier molecular flexibility index (Phi) is 4.15. The van der Waals surface area contributed by atoms with Crippen LogP contribution in [0.4, 0.5) is 8.78 Å². The van der Waals surface area contributed by atoms with Crippen LogP contribution in [0.5, 0.6) is 0 Å². The van der Waals surface area contributed by atoms with Gasteiger partial charge in [0.25, 0.3) is 0 Å². The fourth-order valence-corrected chi connectivity index (χ4v) is 1.48. The van der Waals surface area contributed by atoms with Crippen LogP contribution in [-0.2, 0) is 0 Å². The van der Waals surface area contributed by atoms with E-state index < -0.39 is 17.7 Å². The smallest absolute Gasteiger partial charge is 0.131 e. The van der Waals surface area contributed by atoms with Crippen molar-refractivity contribution in [3.8, 4) is 0 Å². The van der Waals surface area contributed by atoms with E-state index in [-0.39, 0.29) is 0 Å². The lowest BCUT2D eigenvalue weighted by Gasteiger charge is -2.14. The van der Waals surface area contributed by atoms with Crippen molar-refractivity contribution in [3.63, 3.8) is 0 Å². The summed E-state index contributed by atoms with van der Waals surface area (Å²) in [5, 5.41) is 0. The zero-order valence-corrected chi connectivity index (χ0v) is 9.64. The summed E-state index contributed by atoms with van der Waals surface area (Å²) in [6.45, 7) is 5.37. The molecular formula is C12H16F2N2. The molecule has 3 N–H and O–H groups in total. The molecule has 4 heteroatoms. The molecule has 0 saturated carbocycles. The highest BCUT2D eigenvalue weighted by molar-refractivity contribution is 5.31. The molecule has 1 atom stereocenters. The Bertz CT molecular complexity index is 410. The topological polar surface area (TPSA) is 38.0 Å². The van der Waals surface area contributed by atoms with Crippen molar-refractivity contribution in [1.82, 2.24) is 5.43 Å². The first-order chi connectivity index (χ1) is 7.45. The van der Waals surface area contributed by atoms with Crippen LogP contribution in [0.3, 0.4) is 0 Å². The fraction of sp³-hybridized carbons (Fsp3) is 0.333. The molecule has 0 heterocycles. The molecule has 0 fully saturated rings. The predicted molar refractivity (Wildman–Crippen MR) is 60.6 cm³/mol. The van der Waals surface area contributed by atoms with E-state index in [1.807, 2.05) is 13.8 Å². The number of hydrazine groups is 1. The van der Waals surface area contributed by atoms with E-state index in [2.05, 4.69) is 5.43 Å². The van der Waals surface area contributed by atoms with E-state index in [9.17, 15) is 8.78 Å². The van der Waals surface area contributed by atoms with Crippen LogP contribution >= 0.6 is 0 Å². The highest BCUT2D eigenvalue weighted by Gasteiger charge is 2.14. The van der Waals surface area contributed by atoms with E-state index in [1.54, 1.807) is 13.0 Å². The molecule has 16 heavy (non-hydrogen) atoms.